The van der Waals surface area contributed by atoms with E-state index in [9.17, 15) is 0 Å². The van der Waals surface area contributed by atoms with Gasteiger partial charge in [-0.25, -0.2) is 15.0 Å². The minimum atomic E-state index is 0. The first-order valence-corrected chi connectivity index (χ1v) is 10.6. The topological polar surface area (TPSA) is 73.9 Å². The van der Waals surface area contributed by atoms with E-state index < -0.39 is 0 Å². The molecule has 0 unspecified atom stereocenters. The monoisotopic (exact) mass is 513 g/mol. The number of nitrogens with two attached hydrogens (primary N) is 1. The lowest BCUT2D eigenvalue weighted by molar-refractivity contribution is 0.380. The Labute approximate surface area is 187 Å². The lowest BCUT2D eigenvalue weighted by Crippen LogP contribution is -2.51. The molecule has 2 fully saturated rings. The van der Waals surface area contributed by atoms with Gasteiger partial charge in [-0.3, -0.25) is 0 Å². The minimum Gasteiger partial charge on any atom is -0.370 e. The zero-order valence-electron chi connectivity index (χ0n) is 16.0. The van der Waals surface area contributed by atoms with E-state index in [-0.39, 0.29) is 24.0 Å². The van der Waals surface area contributed by atoms with Gasteiger partial charge in [-0.1, -0.05) is 0 Å². The van der Waals surface area contributed by atoms with Crippen LogP contribution in [0.15, 0.2) is 34.9 Å². The number of piperazine rings is 1. The summed E-state index contributed by atoms with van der Waals surface area (Å²) < 4.78 is 0. The van der Waals surface area contributed by atoms with Crippen LogP contribution in [0.2, 0.25) is 0 Å². The third kappa shape index (κ3) is 5.25. The molecule has 152 valence electrons. The predicted molar refractivity (Wildman–Crippen MR) is 127 cm³/mol. The van der Waals surface area contributed by atoms with Crippen molar-refractivity contribution in [3.8, 4) is 0 Å². The van der Waals surface area contributed by atoms with Gasteiger partial charge in [0.25, 0.3) is 0 Å². The summed E-state index contributed by atoms with van der Waals surface area (Å²) in [6, 6.07) is 4.19. The van der Waals surface area contributed by atoms with Crippen molar-refractivity contribution in [2.45, 2.75) is 25.8 Å². The number of halogens is 1. The van der Waals surface area contributed by atoms with Gasteiger partial charge in [0.15, 0.2) is 11.1 Å². The molecule has 9 heteroatoms. The Balaban J connectivity index is 0.00000225. The van der Waals surface area contributed by atoms with E-state index in [4.69, 9.17) is 5.73 Å². The Hall–Kier alpha value is -1.62. The van der Waals surface area contributed by atoms with Crippen molar-refractivity contribution in [2.24, 2.45) is 10.7 Å². The van der Waals surface area contributed by atoms with Crippen LogP contribution in [0, 0.1) is 0 Å². The average Bonchev–Trinajstić information content (AvgIpc) is 3.28. The molecule has 0 aromatic carbocycles. The lowest BCUT2D eigenvalue weighted by atomic mass is 10.1. The van der Waals surface area contributed by atoms with Crippen LogP contribution in [-0.4, -0.2) is 60.1 Å². The molecule has 2 aromatic heterocycles. The van der Waals surface area contributed by atoms with Crippen molar-refractivity contribution in [1.82, 2.24) is 14.9 Å². The van der Waals surface area contributed by atoms with Crippen LogP contribution in [0.25, 0.3) is 0 Å². The predicted octanol–water partition coefficient (Wildman–Crippen LogP) is 2.78. The number of anilines is 2. The van der Waals surface area contributed by atoms with Crippen LogP contribution < -0.4 is 15.5 Å². The van der Waals surface area contributed by atoms with Crippen LogP contribution in [-0.2, 0) is 6.54 Å². The van der Waals surface area contributed by atoms with Crippen molar-refractivity contribution in [1.29, 1.82) is 0 Å². The van der Waals surface area contributed by atoms with E-state index in [2.05, 4.69) is 35.7 Å². The molecule has 0 amide bonds. The summed E-state index contributed by atoms with van der Waals surface area (Å²) in [5, 5.41) is 3.11. The third-order valence-corrected chi connectivity index (χ3v) is 6.04. The lowest BCUT2D eigenvalue weighted by Gasteiger charge is -2.35. The molecule has 0 aliphatic carbocycles. The van der Waals surface area contributed by atoms with Gasteiger partial charge in [0.1, 0.15) is 5.82 Å². The molecule has 2 N–H and O–H groups in total. The maximum Gasteiger partial charge on any atom is 0.191 e. The summed E-state index contributed by atoms with van der Waals surface area (Å²) in [7, 11) is 0. The van der Waals surface area contributed by atoms with E-state index in [1.165, 1.54) is 19.3 Å². The highest BCUT2D eigenvalue weighted by Crippen LogP contribution is 2.20. The van der Waals surface area contributed by atoms with Crippen molar-refractivity contribution in [2.75, 3.05) is 49.1 Å². The van der Waals surface area contributed by atoms with E-state index >= 15 is 0 Å². The number of aliphatic imine (C=N–C) groups is 1. The van der Waals surface area contributed by atoms with Crippen molar-refractivity contribution < 1.29 is 0 Å². The van der Waals surface area contributed by atoms with E-state index in [1.807, 2.05) is 23.8 Å². The molecule has 0 atom stereocenters. The molecule has 7 nitrogen and oxygen atoms in total. The smallest absolute Gasteiger partial charge is 0.191 e. The largest absolute Gasteiger partial charge is 0.370 e. The number of pyridine rings is 1. The summed E-state index contributed by atoms with van der Waals surface area (Å²) >= 11 is 1.68. The van der Waals surface area contributed by atoms with Gasteiger partial charge < -0.3 is 20.4 Å². The second-order valence-corrected chi connectivity index (χ2v) is 7.91. The number of guanidine groups is 1. The zero-order chi connectivity index (χ0) is 18.5. The number of piperidine rings is 1. The Morgan fingerprint density at radius 2 is 1.79 bits per heavy atom. The van der Waals surface area contributed by atoms with Crippen LogP contribution in [0.1, 0.15) is 24.8 Å². The van der Waals surface area contributed by atoms with Gasteiger partial charge in [-0.05, 0) is 37.0 Å². The fourth-order valence-electron chi connectivity index (χ4n) is 3.63. The normalized spacial score (nSPS) is 18.1. The maximum atomic E-state index is 6.26. The first-order chi connectivity index (χ1) is 13.3. The van der Waals surface area contributed by atoms with Crippen LogP contribution in [0.5, 0.6) is 0 Å². The second-order valence-electron chi connectivity index (χ2n) is 7.03. The molecule has 0 spiro atoms. The number of aromatic nitrogens is 2. The summed E-state index contributed by atoms with van der Waals surface area (Å²) in [6.07, 6.45) is 7.58. The highest BCUT2D eigenvalue weighted by Gasteiger charge is 2.19. The average molecular weight is 513 g/mol. The number of hydrogen-bond donors (Lipinski definition) is 1. The quantitative estimate of drug-likeness (QED) is 0.385. The first kappa shape index (κ1) is 21.1. The SMILES string of the molecule is I.NC(=NCc1ccnc(N2CCCCC2)c1)N1CCN(c2nccs2)CC1. The maximum absolute atomic E-state index is 6.26. The van der Waals surface area contributed by atoms with Gasteiger partial charge >= 0.3 is 0 Å². The minimum absolute atomic E-state index is 0. The third-order valence-electron chi connectivity index (χ3n) is 5.21. The molecule has 2 aliphatic heterocycles. The van der Waals surface area contributed by atoms with Crippen molar-refractivity contribution >= 4 is 52.2 Å². The molecule has 0 saturated carbocycles. The molecule has 0 radical (unpaired) electrons. The van der Waals surface area contributed by atoms with Gasteiger partial charge in [-0.15, -0.1) is 35.3 Å². The molecule has 2 aliphatic rings. The highest BCUT2D eigenvalue weighted by atomic mass is 127. The summed E-state index contributed by atoms with van der Waals surface area (Å²) in [5.74, 6) is 1.70. The Bertz CT molecular complexity index is 753. The molecular weight excluding hydrogens is 485 g/mol. The van der Waals surface area contributed by atoms with Crippen LogP contribution >= 0.6 is 35.3 Å². The fraction of sp³-hybridized carbons (Fsp3) is 0.526. The number of nitrogens with zero attached hydrogens (tertiary/aromatic N) is 6. The van der Waals surface area contributed by atoms with E-state index in [0.29, 0.717) is 12.5 Å². The molecule has 2 saturated heterocycles. The van der Waals surface area contributed by atoms with Gasteiger partial charge in [0, 0.05) is 57.0 Å². The van der Waals surface area contributed by atoms with Gasteiger partial charge in [0.05, 0.1) is 6.54 Å². The number of thiazole rings is 1. The fourth-order valence-corrected chi connectivity index (χ4v) is 4.32. The summed E-state index contributed by atoms with van der Waals surface area (Å²) in [4.78, 5) is 20.4. The van der Waals surface area contributed by atoms with E-state index in [1.54, 1.807) is 11.3 Å². The van der Waals surface area contributed by atoms with Crippen LogP contribution in [0.4, 0.5) is 10.9 Å². The number of rotatable bonds is 4. The van der Waals surface area contributed by atoms with Crippen molar-refractivity contribution in [3.63, 3.8) is 0 Å². The van der Waals surface area contributed by atoms with Crippen LogP contribution in [0.3, 0.4) is 0 Å². The molecule has 4 rings (SSSR count). The molecule has 0 bridgehead atoms. The molecular formula is C19H28IN7S. The second kappa shape index (κ2) is 10.2. The van der Waals surface area contributed by atoms with E-state index in [0.717, 1.165) is 55.8 Å². The standard InChI is InChI=1S/C19H27N7S.HI/c20-18(25-9-11-26(12-10-25)19-22-6-13-27-19)23-15-16-4-5-21-17(14-16)24-7-2-1-3-8-24;/h4-6,13-14H,1-3,7-12,15H2,(H2,20,23);1H. The Morgan fingerprint density at radius 3 is 2.50 bits per heavy atom. The Kier molecular flexibility index (Phi) is 7.72. The molecule has 2 aromatic rings. The molecule has 4 heterocycles. The first-order valence-electron chi connectivity index (χ1n) is 9.69. The molecule has 28 heavy (non-hydrogen) atoms. The summed E-state index contributed by atoms with van der Waals surface area (Å²) in [5.41, 5.74) is 7.42. The zero-order valence-corrected chi connectivity index (χ0v) is 19.2. The van der Waals surface area contributed by atoms with Gasteiger partial charge in [0.2, 0.25) is 0 Å². The van der Waals surface area contributed by atoms with Crippen molar-refractivity contribution in [3.05, 3.63) is 35.5 Å². The highest BCUT2D eigenvalue weighted by molar-refractivity contribution is 14.0. The summed E-state index contributed by atoms with van der Waals surface area (Å²) in [6.45, 7) is 6.42. The van der Waals surface area contributed by atoms with Gasteiger partial charge in [-0.2, -0.15) is 0 Å². The Morgan fingerprint density at radius 1 is 1.00 bits per heavy atom. The number of hydrogen-bond acceptors (Lipinski definition) is 6.